The van der Waals surface area contributed by atoms with Gasteiger partial charge in [0.1, 0.15) is 6.04 Å². The second-order valence-corrected chi connectivity index (χ2v) is 8.09. The Bertz CT molecular complexity index is 780. The summed E-state index contributed by atoms with van der Waals surface area (Å²) in [6.45, 7) is 0.425. The van der Waals surface area contributed by atoms with Crippen molar-refractivity contribution in [2.75, 3.05) is 13.7 Å². The van der Waals surface area contributed by atoms with Gasteiger partial charge in [0.05, 0.1) is 18.2 Å². The summed E-state index contributed by atoms with van der Waals surface area (Å²) in [5.41, 5.74) is 1.11. The van der Waals surface area contributed by atoms with Crippen molar-refractivity contribution >= 4 is 18.0 Å². The highest BCUT2D eigenvalue weighted by atomic mass is 16.5. The molecule has 1 aromatic carbocycles. The molecule has 144 valence electrons. The van der Waals surface area contributed by atoms with Crippen LogP contribution in [0, 0.1) is 5.41 Å². The number of carbonyl (C=O) groups excluding carboxylic acids is 2. The van der Waals surface area contributed by atoms with Crippen molar-refractivity contribution in [1.29, 1.82) is 0 Å². The largest absolute Gasteiger partial charge is 0.465 e. The first-order valence-corrected chi connectivity index (χ1v) is 9.39. The van der Waals surface area contributed by atoms with Gasteiger partial charge in [0.15, 0.2) is 0 Å². The highest BCUT2D eigenvalue weighted by Gasteiger charge is 2.53. The Morgan fingerprint density at radius 1 is 1.11 bits per heavy atom. The van der Waals surface area contributed by atoms with Gasteiger partial charge in [-0.05, 0) is 61.6 Å². The normalized spacial score (nSPS) is 24.2. The number of hydrogen-bond acceptors (Lipinski definition) is 4. The van der Waals surface area contributed by atoms with E-state index in [-0.39, 0.29) is 11.3 Å². The predicted octanol–water partition coefficient (Wildman–Crippen LogP) is 2.50. The average Bonchev–Trinajstić information content (AvgIpc) is 3.60. The first-order chi connectivity index (χ1) is 12.9. The minimum Gasteiger partial charge on any atom is -0.465 e. The van der Waals surface area contributed by atoms with Crippen LogP contribution in [0.1, 0.15) is 54.4 Å². The average molecular weight is 372 g/mol. The fourth-order valence-corrected chi connectivity index (χ4v) is 4.20. The lowest BCUT2D eigenvalue weighted by Gasteiger charge is -2.38. The Labute approximate surface area is 157 Å². The number of carboxylic acid groups (broad SMARTS) is 1. The second kappa shape index (κ2) is 6.25. The van der Waals surface area contributed by atoms with Gasteiger partial charge in [0, 0.05) is 6.54 Å². The van der Waals surface area contributed by atoms with E-state index in [4.69, 9.17) is 4.74 Å². The Hall–Kier alpha value is -2.57. The lowest BCUT2D eigenvalue weighted by atomic mass is 9.87. The van der Waals surface area contributed by atoms with Crippen LogP contribution in [0.25, 0.3) is 0 Å². The van der Waals surface area contributed by atoms with Gasteiger partial charge in [-0.15, -0.1) is 0 Å². The summed E-state index contributed by atoms with van der Waals surface area (Å²) in [5.74, 6) is -0.609. The fraction of sp³-hybridized carbons (Fsp3) is 0.550. The van der Waals surface area contributed by atoms with Gasteiger partial charge >= 0.3 is 12.1 Å². The zero-order valence-electron chi connectivity index (χ0n) is 15.4. The molecule has 1 heterocycles. The van der Waals surface area contributed by atoms with Crippen molar-refractivity contribution in [3.05, 3.63) is 35.4 Å². The maximum absolute atomic E-state index is 13.0. The van der Waals surface area contributed by atoms with Gasteiger partial charge in [0.25, 0.3) is 0 Å². The maximum Gasteiger partial charge on any atom is 0.407 e. The third-order valence-electron chi connectivity index (χ3n) is 6.36. The molecule has 0 unspecified atom stereocenters. The van der Waals surface area contributed by atoms with E-state index in [1.54, 1.807) is 12.1 Å². The summed E-state index contributed by atoms with van der Waals surface area (Å²) in [7, 11) is 1.34. The van der Waals surface area contributed by atoms with Crippen LogP contribution in [-0.4, -0.2) is 47.7 Å². The monoisotopic (exact) mass is 372 g/mol. The number of piperidine rings is 1. The molecule has 3 aliphatic rings. The molecular weight excluding hydrogens is 348 g/mol. The Morgan fingerprint density at radius 3 is 2.30 bits per heavy atom. The topological polar surface area (TPSA) is 95.9 Å². The zero-order chi connectivity index (χ0) is 19.2. The number of nitrogens with one attached hydrogen (secondary N) is 1. The molecular formula is C20H24N2O5. The van der Waals surface area contributed by atoms with Crippen LogP contribution in [-0.2, 0) is 15.1 Å². The van der Waals surface area contributed by atoms with Crippen molar-refractivity contribution in [3.63, 3.8) is 0 Å². The smallest absolute Gasteiger partial charge is 0.407 e. The number of methoxy groups -OCH3 is 1. The number of ether oxygens (including phenoxy) is 1. The number of esters is 1. The number of carbonyl (C=O) groups is 3. The maximum atomic E-state index is 13.0. The van der Waals surface area contributed by atoms with E-state index < -0.39 is 23.6 Å². The summed E-state index contributed by atoms with van der Waals surface area (Å²) >= 11 is 0. The number of rotatable bonds is 4. The van der Waals surface area contributed by atoms with E-state index in [1.165, 1.54) is 12.0 Å². The lowest BCUT2D eigenvalue weighted by molar-refractivity contribution is -0.129. The molecule has 1 aromatic rings. The van der Waals surface area contributed by atoms with E-state index >= 15 is 0 Å². The number of benzene rings is 1. The summed E-state index contributed by atoms with van der Waals surface area (Å²) in [6, 6.07) is 6.42. The van der Waals surface area contributed by atoms with E-state index in [0.29, 0.717) is 18.5 Å². The number of amides is 2. The van der Waals surface area contributed by atoms with E-state index in [1.807, 2.05) is 12.1 Å². The van der Waals surface area contributed by atoms with Crippen molar-refractivity contribution < 1.29 is 24.2 Å². The quantitative estimate of drug-likeness (QED) is 0.792. The summed E-state index contributed by atoms with van der Waals surface area (Å²) in [5, 5.41) is 12.6. The first kappa shape index (κ1) is 17.8. The molecule has 1 saturated heterocycles. The molecule has 1 spiro atoms. The number of hydrogen-bond donors (Lipinski definition) is 2. The SMILES string of the molecule is COC(=O)c1ccc(C2(NC(=O)[C@H]3CC4(CCN3C(=O)O)CC4)CC2)cc1. The van der Waals surface area contributed by atoms with E-state index in [9.17, 15) is 19.5 Å². The van der Waals surface area contributed by atoms with Gasteiger partial charge in [0.2, 0.25) is 5.91 Å². The van der Waals surface area contributed by atoms with Gasteiger partial charge in [-0.3, -0.25) is 9.69 Å². The van der Waals surface area contributed by atoms with Crippen LogP contribution in [0.2, 0.25) is 0 Å². The molecule has 0 aromatic heterocycles. The van der Waals surface area contributed by atoms with Gasteiger partial charge in [-0.25, -0.2) is 9.59 Å². The third kappa shape index (κ3) is 3.26. The van der Waals surface area contributed by atoms with Crippen LogP contribution < -0.4 is 5.32 Å². The van der Waals surface area contributed by atoms with Crippen LogP contribution >= 0.6 is 0 Å². The zero-order valence-corrected chi connectivity index (χ0v) is 15.4. The highest BCUT2D eigenvalue weighted by molar-refractivity contribution is 5.89. The molecule has 0 radical (unpaired) electrons. The minimum atomic E-state index is -1.03. The molecule has 2 saturated carbocycles. The molecule has 27 heavy (non-hydrogen) atoms. The molecule has 0 bridgehead atoms. The van der Waals surface area contributed by atoms with E-state index in [2.05, 4.69) is 5.32 Å². The van der Waals surface area contributed by atoms with Crippen molar-refractivity contribution in [3.8, 4) is 0 Å². The van der Waals surface area contributed by atoms with Crippen LogP contribution in [0.15, 0.2) is 24.3 Å². The standard InChI is InChI=1S/C20H24N2O5/c1-27-17(24)13-2-4-14(5-3-13)20(8-9-20)21-16(23)15-12-19(6-7-19)10-11-22(15)18(25)26/h2-5,15H,6-12H2,1H3,(H,21,23)(H,25,26)/t15-/m1/s1. The fourth-order valence-electron chi connectivity index (χ4n) is 4.20. The molecule has 3 fully saturated rings. The lowest BCUT2D eigenvalue weighted by Crippen LogP contribution is -2.55. The van der Waals surface area contributed by atoms with E-state index in [0.717, 1.165) is 37.7 Å². The molecule has 1 aliphatic heterocycles. The van der Waals surface area contributed by atoms with Crippen molar-refractivity contribution in [2.45, 2.75) is 50.1 Å². The molecule has 7 heteroatoms. The van der Waals surface area contributed by atoms with Gasteiger partial charge in [-0.2, -0.15) is 0 Å². The van der Waals surface area contributed by atoms with Gasteiger partial charge in [-0.1, -0.05) is 12.1 Å². The third-order valence-corrected chi connectivity index (χ3v) is 6.36. The predicted molar refractivity (Wildman–Crippen MR) is 96.3 cm³/mol. The second-order valence-electron chi connectivity index (χ2n) is 8.09. The van der Waals surface area contributed by atoms with Crippen LogP contribution in [0.5, 0.6) is 0 Å². The molecule has 4 rings (SSSR count). The van der Waals surface area contributed by atoms with Crippen LogP contribution in [0.3, 0.4) is 0 Å². The first-order valence-electron chi connectivity index (χ1n) is 9.39. The number of nitrogens with zero attached hydrogens (tertiary/aromatic N) is 1. The molecule has 2 aliphatic carbocycles. The molecule has 1 atom stereocenters. The summed E-state index contributed by atoms with van der Waals surface area (Å²) in [4.78, 5) is 37.4. The molecule has 2 N–H and O–H groups in total. The van der Waals surface area contributed by atoms with Crippen LogP contribution in [0.4, 0.5) is 4.79 Å². The summed E-state index contributed by atoms with van der Waals surface area (Å²) in [6.07, 6.45) is 4.22. The van der Waals surface area contributed by atoms with Crippen molar-refractivity contribution in [1.82, 2.24) is 10.2 Å². The Morgan fingerprint density at radius 2 is 1.78 bits per heavy atom. The van der Waals surface area contributed by atoms with Crippen molar-refractivity contribution in [2.24, 2.45) is 5.41 Å². The number of likely N-dealkylation sites (tertiary alicyclic amines) is 1. The highest BCUT2D eigenvalue weighted by Crippen LogP contribution is 2.55. The van der Waals surface area contributed by atoms with Gasteiger partial charge < -0.3 is 15.2 Å². The Kier molecular flexibility index (Phi) is 4.13. The Balaban J connectivity index is 1.49. The molecule has 7 nitrogen and oxygen atoms in total. The molecule has 2 amide bonds. The summed E-state index contributed by atoms with van der Waals surface area (Å²) < 4.78 is 4.71. The minimum absolute atomic E-state index is 0.173.